The summed E-state index contributed by atoms with van der Waals surface area (Å²) in [6, 6.07) is 7.51. The standard InChI is InChI=1S/C19H23ClN4O/c1-12-10-13(2)22-19(21-12)24-9-5-6-15(11-24)18(25)23-17-8-4-7-16(20)14(17)3/h4,7-8,10,15H,5-6,9,11H2,1-3H3,(H,23,25). The average Bonchev–Trinajstić information content (AvgIpc) is 2.58. The van der Waals surface area contributed by atoms with Crippen LogP contribution in [0.1, 0.15) is 29.8 Å². The van der Waals surface area contributed by atoms with Crippen LogP contribution in [0.2, 0.25) is 5.02 Å². The number of anilines is 2. The number of nitrogens with one attached hydrogen (secondary N) is 1. The van der Waals surface area contributed by atoms with Gasteiger partial charge in [0.25, 0.3) is 0 Å². The fourth-order valence-electron chi connectivity index (χ4n) is 3.20. The quantitative estimate of drug-likeness (QED) is 0.903. The Morgan fingerprint density at radius 2 is 1.96 bits per heavy atom. The van der Waals surface area contributed by atoms with Gasteiger partial charge in [0.2, 0.25) is 11.9 Å². The van der Waals surface area contributed by atoms with Gasteiger partial charge in [0.05, 0.1) is 5.92 Å². The van der Waals surface area contributed by atoms with Crippen LogP contribution in [0.15, 0.2) is 24.3 Å². The second kappa shape index (κ2) is 7.40. The lowest BCUT2D eigenvalue weighted by Gasteiger charge is -2.32. The topological polar surface area (TPSA) is 58.1 Å². The molecule has 1 aliphatic heterocycles. The molecule has 2 heterocycles. The third-order valence-electron chi connectivity index (χ3n) is 4.57. The number of nitrogens with zero attached hydrogens (tertiary/aromatic N) is 3. The minimum absolute atomic E-state index is 0.0273. The Hall–Kier alpha value is -2.14. The van der Waals surface area contributed by atoms with Gasteiger partial charge < -0.3 is 10.2 Å². The van der Waals surface area contributed by atoms with E-state index in [4.69, 9.17) is 11.6 Å². The highest BCUT2D eigenvalue weighted by Crippen LogP contribution is 2.26. The van der Waals surface area contributed by atoms with Crippen molar-refractivity contribution in [2.45, 2.75) is 33.6 Å². The number of hydrogen-bond donors (Lipinski definition) is 1. The molecule has 0 spiro atoms. The van der Waals surface area contributed by atoms with Crippen LogP contribution in [0, 0.1) is 26.7 Å². The van der Waals surface area contributed by atoms with E-state index in [2.05, 4.69) is 20.2 Å². The monoisotopic (exact) mass is 358 g/mol. The SMILES string of the molecule is Cc1cc(C)nc(N2CCCC(C(=O)Nc3cccc(Cl)c3C)C2)n1. The van der Waals surface area contributed by atoms with E-state index in [0.29, 0.717) is 17.5 Å². The lowest BCUT2D eigenvalue weighted by Crippen LogP contribution is -2.41. The molecule has 1 amide bonds. The Morgan fingerprint density at radius 1 is 1.24 bits per heavy atom. The van der Waals surface area contributed by atoms with Crippen molar-refractivity contribution in [3.8, 4) is 0 Å². The van der Waals surface area contributed by atoms with Gasteiger partial charge in [-0.2, -0.15) is 0 Å². The number of halogens is 1. The summed E-state index contributed by atoms with van der Waals surface area (Å²) in [5.74, 6) is 0.657. The lowest BCUT2D eigenvalue weighted by molar-refractivity contribution is -0.120. The van der Waals surface area contributed by atoms with E-state index >= 15 is 0 Å². The molecule has 1 fully saturated rings. The maximum atomic E-state index is 12.7. The second-order valence-corrected chi connectivity index (χ2v) is 7.04. The molecule has 0 aliphatic carbocycles. The van der Waals surface area contributed by atoms with Crippen molar-refractivity contribution >= 4 is 29.1 Å². The maximum Gasteiger partial charge on any atom is 0.229 e. The maximum absolute atomic E-state index is 12.7. The number of benzene rings is 1. The Morgan fingerprint density at radius 3 is 2.68 bits per heavy atom. The number of piperidine rings is 1. The first-order chi connectivity index (χ1) is 11.9. The molecule has 2 aromatic rings. The third kappa shape index (κ3) is 4.10. The molecule has 1 atom stereocenters. The number of hydrogen-bond acceptors (Lipinski definition) is 4. The largest absolute Gasteiger partial charge is 0.340 e. The van der Waals surface area contributed by atoms with Gasteiger partial charge in [-0.15, -0.1) is 0 Å². The Labute approximate surface area is 153 Å². The predicted octanol–water partition coefficient (Wildman–Crippen LogP) is 3.91. The summed E-state index contributed by atoms with van der Waals surface area (Å²) in [5, 5.41) is 3.68. The highest BCUT2D eigenvalue weighted by atomic mass is 35.5. The number of carbonyl (C=O) groups is 1. The lowest BCUT2D eigenvalue weighted by atomic mass is 9.97. The smallest absolute Gasteiger partial charge is 0.229 e. The van der Waals surface area contributed by atoms with E-state index < -0.39 is 0 Å². The highest BCUT2D eigenvalue weighted by molar-refractivity contribution is 6.31. The molecule has 0 radical (unpaired) electrons. The zero-order chi connectivity index (χ0) is 18.0. The third-order valence-corrected chi connectivity index (χ3v) is 4.98. The Balaban J connectivity index is 1.72. The minimum Gasteiger partial charge on any atom is -0.340 e. The van der Waals surface area contributed by atoms with Crippen LogP contribution in [-0.4, -0.2) is 29.0 Å². The van der Waals surface area contributed by atoms with E-state index in [9.17, 15) is 4.79 Å². The van der Waals surface area contributed by atoms with Gasteiger partial charge in [0, 0.05) is 35.2 Å². The van der Waals surface area contributed by atoms with Crippen molar-refractivity contribution in [3.63, 3.8) is 0 Å². The molecular weight excluding hydrogens is 336 g/mol. The van der Waals surface area contributed by atoms with Crippen molar-refractivity contribution in [2.24, 2.45) is 5.92 Å². The summed E-state index contributed by atoms with van der Waals surface area (Å²) in [7, 11) is 0. The molecule has 6 heteroatoms. The number of amides is 1. The molecule has 1 aromatic heterocycles. The van der Waals surface area contributed by atoms with Crippen molar-refractivity contribution < 1.29 is 4.79 Å². The van der Waals surface area contributed by atoms with Crippen LogP contribution in [0.4, 0.5) is 11.6 Å². The molecule has 0 saturated carbocycles. The Kier molecular flexibility index (Phi) is 5.23. The van der Waals surface area contributed by atoms with Crippen LogP contribution >= 0.6 is 11.6 Å². The first-order valence-electron chi connectivity index (χ1n) is 8.57. The minimum atomic E-state index is -0.0865. The molecule has 5 nitrogen and oxygen atoms in total. The second-order valence-electron chi connectivity index (χ2n) is 6.64. The number of rotatable bonds is 3. The fourth-order valence-corrected chi connectivity index (χ4v) is 3.37. The van der Waals surface area contributed by atoms with Crippen LogP contribution in [-0.2, 0) is 4.79 Å². The molecule has 1 N–H and O–H groups in total. The molecule has 0 bridgehead atoms. The van der Waals surface area contributed by atoms with Crippen LogP contribution in [0.25, 0.3) is 0 Å². The summed E-state index contributed by atoms with van der Waals surface area (Å²) in [5.41, 5.74) is 3.56. The van der Waals surface area contributed by atoms with Crippen molar-refractivity contribution in [3.05, 3.63) is 46.2 Å². The van der Waals surface area contributed by atoms with E-state index in [1.54, 1.807) is 0 Å². The highest BCUT2D eigenvalue weighted by Gasteiger charge is 2.27. The van der Waals surface area contributed by atoms with E-state index in [1.807, 2.05) is 45.0 Å². The summed E-state index contributed by atoms with van der Waals surface area (Å²) >= 11 is 6.14. The number of carbonyl (C=O) groups excluding carboxylic acids is 1. The molecule has 1 aromatic carbocycles. The summed E-state index contributed by atoms with van der Waals surface area (Å²) < 4.78 is 0. The summed E-state index contributed by atoms with van der Waals surface area (Å²) in [6.07, 6.45) is 1.82. The van der Waals surface area contributed by atoms with Crippen LogP contribution in [0.3, 0.4) is 0 Å². The van der Waals surface area contributed by atoms with Gasteiger partial charge in [-0.1, -0.05) is 17.7 Å². The first kappa shape index (κ1) is 17.7. The molecule has 1 aliphatic rings. The van der Waals surface area contributed by atoms with Gasteiger partial charge in [-0.3, -0.25) is 4.79 Å². The first-order valence-corrected chi connectivity index (χ1v) is 8.95. The molecule has 1 saturated heterocycles. The van der Waals surface area contributed by atoms with Crippen molar-refractivity contribution in [2.75, 3.05) is 23.3 Å². The van der Waals surface area contributed by atoms with Crippen molar-refractivity contribution in [1.82, 2.24) is 9.97 Å². The van der Waals surface area contributed by atoms with Gasteiger partial charge in [-0.05, 0) is 57.4 Å². The van der Waals surface area contributed by atoms with E-state index in [1.165, 1.54) is 0 Å². The number of aromatic nitrogens is 2. The van der Waals surface area contributed by atoms with Crippen LogP contribution in [0.5, 0.6) is 0 Å². The predicted molar refractivity (Wildman–Crippen MR) is 101 cm³/mol. The van der Waals surface area contributed by atoms with Crippen molar-refractivity contribution in [1.29, 1.82) is 0 Å². The average molecular weight is 359 g/mol. The van der Waals surface area contributed by atoms with Gasteiger partial charge in [0.15, 0.2) is 0 Å². The van der Waals surface area contributed by atoms with E-state index in [0.717, 1.165) is 42.0 Å². The zero-order valence-corrected chi connectivity index (χ0v) is 15.6. The van der Waals surface area contributed by atoms with Gasteiger partial charge >= 0.3 is 0 Å². The molecular formula is C19H23ClN4O. The van der Waals surface area contributed by atoms with Gasteiger partial charge in [0.1, 0.15) is 0 Å². The Bertz CT molecular complexity index is 773. The zero-order valence-electron chi connectivity index (χ0n) is 14.8. The van der Waals surface area contributed by atoms with E-state index in [-0.39, 0.29) is 11.8 Å². The molecule has 132 valence electrons. The van der Waals surface area contributed by atoms with Crippen LogP contribution < -0.4 is 10.2 Å². The molecule has 3 rings (SSSR count). The molecule has 1 unspecified atom stereocenters. The van der Waals surface area contributed by atoms with Gasteiger partial charge in [-0.25, -0.2) is 9.97 Å². The number of aryl methyl sites for hydroxylation is 2. The fraction of sp³-hybridized carbons (Fsp3) is 0.421. The summed E-state index contributed by atoms with van der Waals surface area (Å²) in [6.45, 7) is 7.36. The summed E-state index contributed by atoms with van der Waals surface area (Å²) in [4.78, 5) is 23.9. The molecule has 25 heavy (non-hydrogen) atoms. The normalized spacial score (nSPS) is 17.4.